The number of hydrogen-bond donors (Lipinski definition) is 4. The van der Waals surface area contributed by atoms with Gasteiger partial charge in [0.25, 0.3) is 11.8 Å². The molecule has 5 aromatic rings. The first kappa shape index (κ1) is 46.3. The number of aromatic nitrogens is 2. The molecule has 1 aliphatic rings. The molecule has 0 unspecified atom stereocenters. The average molecular weight is 945 g/mol. The Morgan fingerprint density at radius 3 is 1.72 bits per heavy atom. The molecule has 3 aromatic carbocycles. The van der Waals surface area contributed by atoms with E-state index < -0.39 is 52.4 Å². The summed E-state index contributed by atoms with van der Waals surface area (Å²) in [6.07, 6.45) is -3.82. The minimum Gasteiger partial charge on any atom is -0.423 e. The van der Waals surface area contributed by atoms with Crippen LogP contribution in [0.25, 0.3) is 11.1 Å². The molecule has 0 saturated heterocycles. The average Bonchev–Trinajstić information content (AvgIpc) is 3.75. The van der Waals surface area contributed by atoms with Gasteiger partial charge in [-0.15, -0.1) is 22.7 Å². The Morgan fingerprint density at radius 1 is 0.759 bits per heavy atom. The highest BCUT2D eigenvalue weighted by Crippen LogP contribution is 2.37. The van der Waals surface area contributed by atoms with E-state index in [1.807, 2.05) is 50.2 Å². The highest BCUT2D eigenvalue weighted by Gasteiger charge is 2.40. The third-order valence-electron chi connectivity index (χ3n) is 7.49. The molecule has 4 N–H and O–H groups in total. The van der Waals surface area contributed by atoms with Gasteiger partial charge in [0.15, 0.2) is 22.1 Å². The van der Waals surface area contributed by atoms with Crippen molar-refractivity contribution < 1.29 is 46.0 Å². The third kappa shape index (κ3) is 12.8. The van der Waals surface area contributed by atoms with Gasteiger partial charge in [0, 0.05) is 22.2 Å². The summed E-state index contributed by atoms with van der Waals surface area (Å²) in [5, 5.41) is 23.2. The van der Waals surface area contributed by atoms with E-state index in [1.54, 1.807) is 24.3 Å². The van der Waals surface area contributed by atoms with Crippen LogP contribution in [0, 0.1) is 33.8 Å². The summed E-state index contributed by atoms with van der Waals surface area (Å²) in [7, 11) is -1.35. The van der Waals surface area contributed by atoms with Crippen molar-refractivity contribution >= 4 is 91.9 Å². The van der Waals surface area contributed by atoms with Crippen LogP contribution >= 0.6 is 61.8 Å². The number of carbonyl (C=O) groups is 2. The Morgan fingerprint density at radius 2 is 1.24 bits per heavy atom. The Kier molecular flexibility index (Phi) is 15.6. The van der Waals surface area contributed by atoms with Crippen molar-refractivity contribution in [1.82, 2.24) is 15.3 Å². The van der Waals surface area contributed by atoms with Crippen LogP contribution in [0.5, 0.6) is 0 Å². The molecule has 0 saturated carbocycles. The number of rotatable bonds is 6. The van der Waals surface area contributed by atoms with Gasteiger partial charge in [-0.05, 0) is 66.8 Å². The van der Waals surface area contributed by atoms with Crippen molar-refractivity contribution in [3.8, 4) is 11.1 Å². The summed E-state index contributed by atoms with van der Waals surface area (Å²) >= 11 is 16.3. The molecule has 2 amide bonds. The van der Waals surface area contributed by atoms with Crippen LogP contribution in [0.2, 0.25) is 5.02 Å². The highest BCUT2D eigenvalue weighted by molar-refractivity contribution is 9.11. The molecule has 0 aliphatic heterocycles. The van der Waals surface area contributed by atoms with Gasteiger partial charge in [-0.25, -0.2) is 9.97 Å². The smallest absolute Gasteiger partial charge is 0.423 e. The number of benzene rings is 3. The van der Waals surface area contributed by atoms with Crippen LogP contribution in [0.4, 0.5) is 32.0 Å². The molecule has 58 heavy (non-hydrogen) atoms. The fourth-order valence-corrected chi connectivity index (χ4v) is 7.12. The maximum Gasteiger partial charge on any atom is 0.488 e. The van der Waals surface area contributed by atoms with Crippen molar-refractivity contribution in [3.05, 3.63) is 147 Å². The minimum atomic E-state index is -4.70. The Hall–Kier alpha value is -4.39. The first-order chi connectivity index (χ1) is 27.0. The largest absolute Gasteiger partial charge is 0.488 e. The third-order valence-corrected chi connectivity index (χ3v) is 10.5. The fourth-order valence-electron chi connectivity index (χ4n) is 4.79. The van der Waals surface area contributed by atoms with E-state index in [0.717, 1.165) is 16.7 Å². The summed E-state index contributed by atoms with van der Waals surface area (Å²) in [4.78, 5) is 30.5. The lowest BCUT2D eigenvalue weighted by Gasteiger charge is -2.13. The van der Waals surface area contributed by atoms with Gasteiger partial charge in [0.1, 0.15) is 15.8 Å². The van der Waals surface area contributed by atoms with Gasteiger partial charge < -0.3 is 15.4 Å². The molecule has 2 aromatic heterocycles. The van der Waals surface area contributed by atoms with Crippen LogP contribution in [-0.2, 0) is 12.4 Å². The zero-order valence-electron chi connectivity index (χ0n) is 30.4. The summed E-state index contributed by atoms with van der Waals surface area (Å²) in [6, 6.07) is 19.5. The van der Waals surface area contributed by atoms with Crippen molar-refractivity contribution in [3.63, 3.8) is 0 Å². The summed E-state index contributed by atoms with van der Waals surface area (Å²) in [5.41, 5.74) is 2.36. The highest BCUT2D eigenvalue weighted by atomic mass is 79.9. The van der Waals surface area contributed by atoms with E-state index in [1.165, 1.54) is 32.1 Å². The number of halogens is 9. The second kappa shape index (κ2) is 19.6. The van der Waals surface area contributed by atoms with Crippen LogP contribution in [0.3, 0.4) is 0 Å². The molecule has 0 spiro atoms. The Labute approximate surface area is 355 Å². The number of hydrogen-bond acceptors (Lipinski definition) is 8. The maximum absolute atomic E-state index is 13.2. The number of allylic oxidation sites excluding steroid dienone is 5. The molecule has 8 nitrogen and oxygen atoms in total. The Bertz CT molecular complexity index is 2380. The summed E-state index contributed by atoms with van der Waals surface area (Å²) < 4.78 is 78.3. The molecule has 20 heteroatoms. The van der Waals surface area contributed by atoms with Crippen molar-refractivity contribution in [2.45, 2.75) is 40.0 Å². The van der Waals surface area contributed by atoms with E-state index >= 15 is 0 Å². The van der Waals surface area contributed by atoms with Crippen LogP contribution in [-0.4, -0.2) is 38.9 Å². The van der Waals surface area contributed by atoms with Crippen molar-refractivity contribution in [2.75, 3.05) is 5.32 Å². The van der Waals surface area contributed by atoms with Gasteiger partial charge >= 0.3 is 19.5 Å². The van der Waals surface area contributed by atoms with E-state index in [9.17, 15) is 35.9 Å². The lowest BCUT2D eigenvalue weighted by Crippen LogP contribution is -2.29. The minimum absolute atomic E-state index is 0.157. The van der Waals surface area contributed by atoms with Gasteiger partial charge in [-0.3, -0.25) is 14.9 Å². The predicted octanol–water partition coefficient (Wildman–Crippen LogP) is 10.3. The molecule has 0 radical (unpaired) electrons. The Balaban J connectivity index is 0.000000212. The lowest BCUT2D eigenvalue weighted by atomic mass is 9.80. The van der Waals surface area contributed by atoms with E-state index in [-0.39, 0.29) is 15.7 Å². The summed E-state index contributed by atoms with van der Waals surface area (Å²) in [5.74, 6) is -1.77. The topological polar surface area (TPSA) is 124 Å². The number of alkyl halides is 6. The molecule has 1 aliphatic carbocycles. The monoisotopic (exact) mass is 943 g/mol. The second-order valence-electron chi connectivity index (χ2n) is 12.1. The van der Waals surface area contributed by atoms with E-state index in [0.29, 0.717) is 53.9 Å². The maximum atomic E-state index is 13.2. The molecular formula is C38H29BBrCl2F6N4O4S2+. The predicted molar refractivity (Wildman–Crippen MR) is 219 cm³/mol. The van der Waals surface area contributed by atoms with Crippen LogP contribution in [0.15, 0.2) is 94.1 Å². The molecule has 0 bridgehead atoms. The molecule has 302 valence electrons. The summed E-state index contributed by atoms with van der Waals surface area (Å²) in [6.45, 7) is 6.72. The van der Waals surface area contributed by atoms with Gasteiger partial charge in [-0.2, -0.15) is 26.3 Å². The first-order valence-electron chi connectivity index (χ1n) is 16.4. The van der Waals surface area contributed by atoms with Crippen molar-refractivity contribution in [2.24, 2.45) is 0 Å². The number of nitrogens with zero attached hydrogens (tertiary/aromatic N) is 2. The molecule has 6 rings (SSSR count). The lowest BCUT2D eigenvalue weighted by molar-refractivity contribution is -0.141. The molecular weight excluding hydrogens is 916 g/mol. The fraction of sp³-hybridized carbons (Fsp3) is 0.158. The SMILES string of the molecule is Cc1ccc(-c2ccc(Cl)cc2NC(=O)c2sc(C)nc2C(F)(F)F)cc1.Cc1ccc(B(O)O)cc1.Cc1nc(C(F)(F)F)c(C(=O)NC2=C(Br)[C+]=CC(Cl)=C2)s1. The molecule has 0 atom stereocenters. The quantitative estimate of drug-likeness (QED) is 0.0764. The van der Waals surface area contributed by atoms with Gasteiger partial charge in [0.2, 0.25) is 4.48 Å². The molecule has 0 fully saturated rings. The number of carbonyl (C=O) groups excluding carboxylic acids is 2. The van der Waals surface area contributed by atoms with Crippen LogP contribution in [0.1, 0.15) is 51.9 Å². The standard InChI is InChI=1S/C19H14ClF3N2OS.C12H5BrClF3N2OS.C7H9BO2/c1-10-3-5-12(6-4-10)14-8-7-13(20)9-15(14)25-18(26)16-17(19(21,22)23)24-11(2)27-16;1-5-18-10(12(15,16)17)9(21-5)11(20)19-8-4-6(14)2-3-7(8)13;1-6-2-4-7(5-3-6)8(9)10/h3-9H,1-2H3,(H,25,26);2,4H,1H3;2-5,9-10H,1H3/p+1. The van der Waals surface area contributed by atoms with Gasteiger partial charge in [-0.1, -0.05) is 77.3 Å². The first-order valence-corrected chi connectivity index (χ1v) is 19.6. The number of nitrogens with one attached hydrogen (secondary N) is 2. The van der Waals surface area contributed by atoms with E-state index in [4.69, 9.17) is 33.2 Å². The van der Waals surface area contributed by atoms with Gasteiger partial charge in [0.05, 0.1) is 27.9 Å². The number of aryl methyl sites for hydroxylation is 4. The zero-order valence-corrected chi connectivity index (χ0v) is 35.1. The molecule has 2 heterocycles. The van der Waals surface area contributed by atoms with E-state index in [2.05, 4.69) is 42.6 Å². The number of amides is 2. The van der Waals surface area contributed by atoms with Crippen molar-refractivity contribution in [1.29, 1.82) is 0 Å². The normalized spacial score (nSPS) is 12.4. The second-order valence-corrected chi connectivity index (χ2v) is 16.2. The zero-order chi connectivity index (χ0) is 43.1. The number of anilines is 1. The number of thiazole rings is 2. The van der Waals surface area contributed by atoms with Crippen LogP contribution < -0.4 is 16.1 Å².